The van der Waals surface area contributed by atoms with Gasteiger partial charge < -0.3 is 20.5 Å². The highest BCUT2D eigenvalue weighted by Gasteiger charge is 2.21. The monoisotopic (exact) mass is 350 g/mol. The molecule has 0 aliphatic heterocycles. The number of ether oxygens (including phenoxy) is 2. The molecule has 0 heterocycles. The topological polar surface area (TPSA) is 73.6 Å². The van der Waals surface area contributed by atoms with Gasteiger partial charge in [0.2, 0.25) is 5.91 Å². The molecule has 0 fully saturated rings. The molecule has 3 N–H and O–H groups in total. The van der Waals surface area contributed by atoms with Crippen LogP contribution in [0.15, 0.2) is 18.2 Å². The van der Waals surface area contributed by atoms with Gasteiger partial charge in [-0.05, 0) is 42.9 Å². The van der Waals surface area contributed by atoms with Crippen LogP contribution in [0.5, 0.6) is 11.5 Å². The number of nitrogens with one attached hydrogen (secondary N) is 1. The fraction of sp³-hybridized carbons (Fsp3) is 0.650. The summed E-state index contributed by atoms with van der Waals surface area (Å²) in [5, 5.41) is 2.98. The molecule has 5 nitrogen and oxygen atoms in total. The van der Waals surface area contributed by atoms with E-state index in [1.54, 1.807) is 7.11 Å². The number of hydrogen-bond donors (Lipinski definition) is 2. The van der Waals surface area contributed by atoms with Crippen LogP contribution in [0.1, 0.15) is 59.1 Å². The first-order valence-corrected chi connectivity index (χ1v) is 9.16. The molecule has 0 radical (unpaired) electrons. The second-order valence-corrected chi connectivity index (χ2v) is 7.08. The Hall–Kier alpha value is -1.75. The first-order chi connectivity index (χ1) is 11.8. The molecule has 0 aliphatic carbocycles. The van der Waals surface area contributed by atoms with Crippen LogP contribution in [0, 0.1) is 11.8 Å². The van der Waals surface area contributed by atoms with E-state index < -0.39 is 6.04 Å². The van der Waals surface area contributed by atoms with E-state index in [0.29, 0.717) is 18.3 Å². The predicted octanol–water partition coefficient (Wildman–Crippen LogP) is 3.67. The van der Waals surface area contributed by atoms with E-state index in [9.17, 15) is 4.79 Å². The third kappa shape index (κ3) is 6.58. The van der Waals surface area contributed by atoms with Gasteiger partial charge in [-0.15, -0.1) is 0 Å². The van der Waals surface area contributed by atoms with Crippen LogP contribution in [0.4, 0.5) is 0 Å². The summed E-state index contributed by atoms with van der Waals surface area (Å²) in [6.07, 6.45) is 1.87. The summed E-state index contributed by atoms with van der Waals surface area (Å²) in [6.45, 7) is 10.9. The van der Waals surface area contributed by atoms with Crippen molar-refractivity contribution in [2.24, 2.45) is 17.6 Å². The van der Waals surface area contributed by atoms with E-state index >= 15 is 0 Å². The predicted molar refractivity (Wildman–Crippen MR) is 102 cm³/mol. The number of hydrogen-bond acceptors (Lipinski definition) is 4. The standard InChI is InChI=1S/C20H34N2O3/c1-7-14(4)19(21)20(23)22-15(5)16-8-9-17(18(12-16)24-6)25-11-10-13(2)3/h8-9,12-15,19H,7,10-11,21H2,1-6H3,(H,22,23). The van der Waals surface area contributed by atoms with Gasteiger partial charge in [0.15, 0.2) is 11.5 Å². The highest BCUT2D eigenvalue weighted by molar-refractivity contribution is 5.82. The van der Waals surface area contributed by atoms with Crippen LogP contribution in [0.2, 0.25) is 0 Å². The minimum absolute atomic E-state index is 0.127. The molecule has 0 spiro atoms. The Bertz CT molecular complexity index is 546. The summed E-state index contributed by atoms with van der Waals surface area (Å²) in [7, 11) is 1.62. The van der Waals surface area contributed by atoms with E-state index in [0.717, 1.165) is 24.2 Å². The van der Waals surface area contributed by atoms with Gasteiger partial charge in [-0.2, -0.15) is 0 Å². The van der Waals surface area contributed by atoms with Gasteiger partial charge in [0.05, 0.1) is 25.8 Å². The summed E-state index contributed by atoms with van der Waals surface area (Å²) in [5.74, 6) is 2.02. The van der Waals surface area contributed by atoms with Crippen LogP contribution in [0.25, 0.3) is 0 Å². The lowest BCUT2D eigenvalue weighted by molar-refractivity contribution is -0.124. The normalized spacial score (nSPS) is 14.7. The third-order valence-corrected chi connectivity index (χ3v) is 4.56. The lowest BCUT2D eigenvalue weighted by atomic mass is 9.98. The number of nitrogens with two attached hydrogens (primary N) is 1. The van der Waals surface area contributed by atoms with E-state index in [1.807, 2.05) is 39.0 Å². The van der Waals surface area contributed by atoms with E-state index in [1.165, 1.54) is 0 Å². The molecule has 25 heavy (non-hydrogen) atoms. The lowest BCUT2D eigenvalue weighted by Gasteiger charge is -2.22. The summed E-state index contributed by atoms with van der Waals surface area (Å²) in [6, 6.07) is 5.11. The molecule has 0 saturated heterocycles. The molecule has 0 saturated carbocycles. The Kier molecular flexibility index (Phi) is 8.76. The van der Waals surface area contributed by atoms with Gasteiger partial charge in [-0.3, -0.25) is 4.79 Å². The van der Waals surface area contributed by atoms with E-state index in [2.05, 4.69) is 19.2 Å². The summed E-state index contributed by atoms with van der Waals surface area (Å²) >= 11 is 0. The second kappa shape index (κ2) is 10.3. The Morgan fingerprint density at radius 3 is 2.44 bits per heavy atom. The molecular weight excluding hydrogens is 316 g/mol. The number of benzene rings is 1. The Balaban J connectivity index is 2.76. The minimum Gasteiger partial charge on any atom is -0.493 e. The van der Waals surface area contributed by atoms with Crippen molar-refractivity contribution in [1.29, 1.82) is 0 Å². The van der Waals surface area contributed by atoms with Crippen molar-refractivity contribution in [1.82, 2.24) is 5.32 Å². The fourth-order valence-corrected chi connectivity index (χ4v) is 2.38. The van der Waals surface area contributed by atoms with Gasteiger partial charge in [-0.1, -0.05) is 40.2 Å². The summed E-state index contributed by atoms with van der Waals surface area (Å²) < 4.78 is 11.2. The van der Waals surface area contributed by atoms with Crippen molar-refractivity contribution in [3.63, 3.8) is 0 Å². The maximum atomic E-state index is 12.3. The van der Waals surface area contributed by atoms with Crippen LogP contribution >= 0.6 is 0 Å². The summed E-state index contributed by atoms with van der Waals surface area (Å²) in [4.78, 5) is 12.3. The molecule has 142 valence electrons. The Morgan fingerprint density at radius 2 is 1.88 bits per heavy atom. The van der Waals surface area contributed by atoms with Crippen molar-refractivity contribution < 1.29 is 14.3 Å². The Labute approximate surface area is 152 Å². The van der Waals surface area contributed by atoms with Crippen molar-refractivity contribution in [2.75, 3.05) is 13.7 Å². The average Bonchev–Trinajstić information content (AvgIpc) is 2.59. The van der Waals surface area contributed by atoms with Crippen LogP contribution in [-0.2, 0) is 4.79 Å². The number of rotatable bonds is 10. The molecule has 3 unspecified atom stereocenters. The smallest absolute Gasteiger partial charge is 0.237 e. The van der Waals surface area contributed by atoms with Crippen molar-refractivity contribution in [3.05, 3.63) is 23.8 Å². The lowest BCUT2D eigenvalue weighted by Crippen LogP contribution is -2.45. The number of amides is 1. The number of methoxy groups -OCH3 is 1. The van der Waals surface area contributed by atoms with Crippen LogP contribution in [0.3, 0.4) is 0 Å². The number of carbonyl (C=O) groups is 1. The summed E-state index contributed by atoms with van der Waals surface area (Å²) in [5.41, 5.74) is 6.96. The average molecular weight is 351 g/mol. The zero-order valence-electron chi connectivity index (χ0n) is 16.5. The first-order valence-electron chi connectivity index (χ1n) is 9.16. The molecule has 1 aromatic rings. The first kappa shape index (κ1) is 21.3. The molecule has 1 aromatic carbocycles. The molecule has 1 amide bonds. The third-order valence-electron chi connectivity index (χ3n) is 4.56. The quantitative estimate of drug-likeness (QED) is 0.675. The minimum atomic E-state index is -0.493. The SMILES string of the molecule is CCC(C)C(N)C(=O)NC(C)c1ccc(OCCC(C)C)c(OC)c1. The highest BCUT2D eigenvalue weighted by Crippen LogP contribution is 2.30. The second-order valence-electron chi connectivity index (χ2n) is 7.08. The zero-order valence-corrected chi connectivity index (χ0v) is 16.5. The van der Waals surface area contributed by atoms with Crippen LogP contribution < -0.4 is 20.5 Å². The molecule has 3 atom stereocenters. The number of carbonyl (C=O) groups excluding carboxylic acids is 1. The molecule has 0 aromatic heterocycles. The van der Waals surface area contributed by atoms with Gasteiger partial charge in [0.1, 0.15) is 0 Å². The maximum Gasteiger partial charge on any atom is 0.237 e. The van der Waals surface area contributed by atoms with Crippen molar-refractivity contribution in [3.8, 4) is 11.5 Å². The van der Waals surface area contributed by atoms with Crippen molar-refractivity contribution in [2.45, 2.75) is 59.5 Å². The molecular formula is C20H34N2O3. The van der Waals surface area contributed by atoms with E-state index in [-0.39, 0.29) is 17.9 Å². The zero-order chi connectivity index (χ0) is 19.0. The molecule has 1 rings (SSSR count). The van der Waals surface area contributed by atoms with Crippen molar-refractivity contribution >= 4 is 5.91 Å². The van der Waals surface area contributed by atoms with Gasteiger partial charge in [-0.25, -0.2) is 0 Å². The largest absolute Gasteiger partial charge is 0.493 e. The van der Waals surface area contributed by atoms with E-state index in [4.69, 9.17) is 15.2 Å². The fourth-order valence-electron chi connectivity index (χ4n) is 2.38. The maximum absolute atomic E-state index is 12.3. The molecule has 0 aliphatic rings. The van der Waals surface area contributed by atoms with Crippen LogP contribution in [-0.4, -0.2) is 25.7 Å². The van der Waals surface area contributed by atoms with Gasteiger partial charge >= 0.3 is 0 Å². The van der Waals surface area contributed by atoms with Gasteiger partial charge in [0.25, 0.3) is 0 Å². The molecule has 0 bridgehead atoms. The highest BCUT2D eigenvalue weighted by atomic mass is 16.5. The van der Waals surface area contributed by atoms with Gasteiger partial charge in [0, 0.05) is 0 Å². The molecule has 5 heteroatoms. The Morgan fingerprint density at radius 1 is 1.20 bits per heavy atom.